The second-order valence-corrected chi connectivity index (χ2v) is 1.71. The first-order chi connectivity index (χ1) is 3.70. The van der Waals surface area contributed by atoms with Crippen LogP contribution in [0, 0.1) is 0 Å². The summed E-state index contributed by atoms with van der Waals surface area (Å²) in [5.41, 5.74) is 0. The molecular weight excluding hydrogens is 110 g/mol. The zero-order valence-corrected chi connectivity index (χ0v) is 4.42. The lowest BCUT2D eigenvalue weighted by Crippen LogP contribution is -2.25. The van der Waals surface area contributed by atoms with Crippen molar-refractivity contribution in [3.8, 4) is 0 Å². The second kappa shape index (κ2) is 1.63. The van der Waals surface area contributed by atoms with E-state index in [-0.39, 0.29) is 12.3 Å². The molecule has 2 N–H and O–H groups in total. The fourth-order valence-corrected chi connectivity index (χ4v) is 0.459. The Morgan fingerprint density at radius 1 is 1.88 bits per heavy atom. The third kappa shape index (κ3) is 1.10. The van der Waals surface area contributed by atoms with Crippen molar-refractivity contribution in [2.24, 2.45) is 0 Å². The average molecular weight is 117 g/mol. The van der Waals surface area contributed by atoms with Gasteiger partial charge in [-0.2, -0.15) is 0 Å². The van der Waals surface area contributed by atoms with Crippen molar-refractivity contribution >= 4 is 6.09 Å². The molecule has 2 unspecified atom stereocenters. The highest BCUT2D eigenvalue weighted by atomic mass is 16.6. The van der Waals surface area contributed by atoms with Gasteiger partial charge >= 0.3 is 6.09 Å². The van der Waals surface area contributed by atoms with Crippen molar-refractivity contribution in [3.63, 3.8) is 0 Å². The van der Waals surface area contributed by atoms with E-state index in [1.165, 1.54) is 0 Å². The van der Waals surface area contributed by atoms with Crippen LogP contribution in [-0.2, 0) is 4.74 Å². The van der Waals surface area contributed by atoms with Gasteiger partial charge in [-0.05, 0) is 6.92 Å². The van der Waals surface area contributed by atoms with Gasteiger partial charge in [0.25, 0.3) is 0 Å². The molecule has 1 amide bonds. The molecular formula is C4H7NO3. The lowest BCUT2D eigenvalue weighted by Gasteiger charge is -1.88. The zero-order valence-electron chi connectivity index (χ0n) is 4.42. The molecule has 1 aliphatic rings. The number of amides is 1. The van der Waals surface area contributed by atoms with Crippen LogP contribution in [0.5, 0.6) is 0 Å². The van der Waals surface area contributed by atoms with Gasteiger partial charge in [0.1, 0.15) is 6.10 Å². The van der Waals surface area contributed by atoms with Gasteiger partial charge in [0, 0.05) is 0 Å². The third-order valence-electron chi connectivity index (χ3n) is 0.977. The van der Waals surface area contributed by atoms with Gasteiger partial charge in [-0.25, -0.2) is 4.79 Å². The molecule has 4 heteroatoms. The number of hydrogen-bond donors (Lipinski definition) is 2. The molecule has 1 heterocycles. The molecule has 0 saturated carbocycles. The Labute approximate surface area is 46.4 Å². The molecule has 0 aromatic heterocycles. The van der Waals surface area contributed by atoms with Crippen LogP contribution in [0.25, 0.3) is 0 Å². The number of hydrogen-bond acceptors (Lipinski definition) is 2. The third-order valence-corrected chi connectivity index (χ3v) is 0.977. The lowest BCUT2D eigenvalue weighted by atomic mass is 10.5. The molecule has 1 aliphatic heterocycles. The van der Waals surface area contributed by atoms with Crippen molar-refractivity contribution in [1.29, 1.82) is 0 Å². The molecule has 46 valence electrons. The molecule has 0 bridgehead atoms. The van der Waals surface area contributed by atoms with Crippen molar-refractivity contribution in [2.45, 2.75) is 19.3 Å². The fraction of sp³-hybridized carbons (Fsp3) is 0.750. The van der Waals surface area contributed by atoms with E-state index in [9.17, 15) is 4.79 Å². The molecule has 0 aromatic carbocycles. The monoisotopic (exact) mass is 117 g/mol. The van der Waals surface area contributed by atoms with E-state index in [4.69, 9.17) is 9.84 Å². The van der Waals surface area contributed by atoms with Crippen LogP contribution in [0.15, 0.2) is 0 Å². The first kappa shape index (κ1) is 5.37. The standard InChI is InChI=1S/C4H7NO3/c1-2-3(8-2)5-4(6)7/h2-3,5H,1H3,(H,6,7). The van der Waals surface area contributed by atoms with Gasteiger partial charge < -0.3 is 9.84 Å². The summed E-state index contributed by atoms with van der Waals surface area (Å²) < 4.78 is 4.74. The highest BCUT2D eigenvalue weighted by Gasteiger charge is 2.35. The first-order valence-electron chi connectivity index (χ1n) is 2.35. The Kier molecular flexibility index (Phi) is 1.09. The predicted octanol–water partition coefficient (Wildman–Crippen LogP) is -0.00120. The summed E-state index contributed by atoms with van der Waals surface area (Å²) in [6.45, 7) is 1.81. The summed E-state index contributed by atoms with van der Waals surface area (Å²) in [7, 11) is 0. The summed E-state index contributed by atoms with van der Waals surface area (Å²) in [6.07, 6.45) is -1.22. The van der Waals surface area contributed by atoms with Gasteiger partial charge in [-0.1, -0.05) is 0 Å². The number of ether oxygens (including phenoxy) is 1. The second-order valence-electron chi connectivity index (χ2n) is 1.71. The average Bonchev–Trinajstić information content (AvgIpc) is 2.17. The van der Waals surface area contributed by atoms with Crippen molar-refractivity contribution in [1.82, 2.24) is 5.32 Å². The number of carbonyl (C=O) groups is 1. The largest absolute Gasteiger partial charge is 0.465 e. The van der Waals surface area contributed by atoms with Crippen molar-refractivity contribution < 1.29 is 14.6 Å². The maximum Gasteiger partial charge on any atom is 0.406 e. The van der Waals surface area contributed by atoms with E-state index in [0.29, 0.717) is 0 Å². The van der Waals surface area contributed by atoms with Gasteiger partial charge in [0.05, 0.1) is 0 Å². The topological polar surface area (TPSA) is 61.9 Å². The van der Waals surface area contributed by atoms with E-state index in [1.54, 1.807) is 6.92 Å². The normalized spacial score (nSPS) is 34.1. The van der Waals surface area contributed by atoms with Gasteiger partial charge in [0.2, 0.25) is 0 Å². The highest BCUT2D eigenvalue weighted by Crippen LogP contribution is 2.16. The Balaban J connectivity index is 2.14. The van der Waals surface area contributed by atoms with Crippen LogP contribution in [0.3, 0.4) is 0 Å². The van der Waals surface area contributed by atoms with E-state index >= 15 is 0 Å². The SMILES string of the molecule is CC1OC1NC(=O)O. The first-order valence-corrected chi connectivity index (χ1v) is 2.35. The van der Waals surface area contributed by atoms with Crippen molar-refractivity contribution in [2.75, 3.05) is 0 Å². The number of nitrogens with one attached hydrogen (secondary N) is 1. The summed E-state index contributed by atoms with van der Waals surface area (Å²) in [5, 5.41) is 10.2. The molecule has 1 fully saturated rings. The smallest absolute Gasteiger partial charge is 0.406 e. The molecule has 0 aromatic rings. The van der Waals surface area contributed by atoms with E-state index < -0.39 is 6.09 Å². The molecule has 8 heavy (non-hydrogen) atoms. The summed E-state index contributed by atoms with van der Waals surface area (Å²) in [4.78, 5) is 9.80. The summed E-state index contributed by atoms with van der Waals surface area (Å²) >= 11 is 0. The highest BCUT2D eigenvalue weighted by molar-refractivity contribution is 5.65. The number of carboxylic acid groups (broad SMARTS) is 1. The summed E-state index contributed by atoms with van der Waals surface area (Å²) in [5.74, 6) is 0. The van der Waals surface area contributed by atoms with Gasteiger partial charge in [-0.15, -0.1) is 0 Å². The van der Waals surface area contributed by atoms with Crippen molar-refractivity contribution in [3.05, 3.63) is 0 Å². The van der Waals surface area contributed by atoms with Crippen LogP contribution in [0.2, 0.25) is 0 Å². The maximum atomic E-state index is 9.80. The van der Waals surface area contributed by atoms with Crippen LogP contribution in [0.1, 0.15) is 6.92 Å². The molecule has 0 radical (unpaired) electrons. The van der Waals surface area contributed by atoms with Crippen LogP contribution >= 0.6 is 0 Å². The molecule has 0 spiro atoms. The molecule has 2 atom stereocenters. The maximum absolute atomic E-state index is 9.80. The molecule has 1 rings (SSSR count). The number of epoxide rings is 1. The van der Waals surface area contributed by atoms with Crippen LogP contribution in [-0.4, -0.2) is 23.5 Å². The fourth-order valence-electron chi connectivity index (χ4n) is 0.459. The Hall–Kier alpha value is -0.770. The molecule has 0 aliphatic carbocycles. The van der Waals surface area contributed by atoms with E-state index in [2.05, 4.69) is 5.32 Å². The predicted molar refractivity (Wildman–Crippen MR) is 25.5 cm³/mol. The van der Waals surface area contributed by atoms with E-state index in [1.807, 2.05) is 0 Å². The van der Waals surface area contributed by atoms with E-state index in [0.717, 1.165) is 0 Å². The Morgan fingerprint density at radius 3 is 2.50 bits per heavy atom. The zero-order chi connectivity index (χ0) is 6.15. The molecule has 1 saturated heterocycles. The van der Waals surface area contributed by atoms with Gasteiger partial charge in [-0.3, -0.25) is 5.32 Å². The Bertz CT molecular complexity index is 114. The Morgan fingerprint density at radius 2 is 2.38 bits per heavy atom. The van der Waals surface area contributed by atoms with Crippen LogP contribution in [0.4, 0.5) is 4.79 Å². The summed E-state index contributed by atoms with van der Waals surface area (Å²) in [6, 6.07) is 0. The minimum atomic E-state index is -1.03. The minimum Gasteiger partial charge on any atom is -0.465 e. The number of rotatable bonds is 1. The quantitative estimate of drug-likeness (QED) is 0.475. The van der Waals surface area contributed by atoms with Gasteiger partial charge in [0.15, 0.2) is 6.23 Å². The van der Waals surface area contributed by atoms with Crippen LogP contribution < -0.4 is 5.32 Å². The lowest BCUT2D eigenvalue weighted by molar-refractivity contribution is 0.188. The minimum absolute atomic E-state index is 0.0612. The molecule has 4 nitrogen and oxygen atoms in total.